The molecule has 0 aromatic heterocycles. The van der Waals surface area contributed by atoms with Crippen LogP contribution in [0.5, 0.6) is 0 Å². The van der Waals surface area contributed by atoms with E-state index < -0.39 is 0 Å². The van der Waals surface area contributed by atoms with E-state index in [0.717, 1.165) is 26.1 Å². The average molecular weight is 145 g/mol. The number of hydrogen-bond acceptors (Lipinski definition) is 2. The summed E-state index contributed by atoms with van der Waals surface area (Å²) in [4.78, 5) is 0.616. The molecule has 9 heavy (non-hydrogen) atoms. The highest BCUT2D eigenvalue weighted by atomic mass is 32.1. The van der Waals surface area contributed by atoms with E-state index in [4.69, 9.17) is 22.7 Å². The summed E-state index contributed by atoms with van der Waals surface area (Å²) in [6.07, 6.45) is 1.98. The van der Waals surface area contributed by atoms with Gasteiger partial charge >= 0.3 is 0 Å². The first-order chi connectivity index (χ1) is 4.29. The lowest BCUT2D eigenvalue weighted by atomic mass is 10.1. The van der Waals surface area contributed by atoms with E-state index in [1.807, 2.05) is 0 Å². The Morgan fingerprint density at radius 2 is 2.56 bits per heavy atom. The van der Waals surface area contributed by atoms with Gasteiger partial charge in [0.05, 0.1) is 4.99 Å². The van der Waals surface area contributed by atoms with Crippen LogP contribution in [-0.2, 0) is 4.74 Å². The molecule has 0 saturated carbocycles. The van der Waals surface area contributed by atoms with Crippen LogP contribution in [-0.4, -0.2) is 18.2 Å². The van der Waals surface area contributed by atoms with E-state index >= 15 is 0 Å². The van der Waals surface area contributed by atoms with Crippen molar-refractivity contribution in [3.63, 3.8) is 0 Å². The summed E-state index contributed by atoms with van der Waals surface area (Å²) in [5, 5.41) is 0. The fourth-order valence-corrected chi connectivity index (χ4v) is 1.26. The van der Waals surface area contributed by atoms with Crippen molar-refractivity contribution >= 4 is 17.2 Å². The molecule has 1 saturated heterocycles. The first-order valence-electron chi connectivity index (χ1n) is 3.15. The molecule has 1 aliphatic heterocycles. The molecule has 3 heteroatoms. The van der Waals surface area contributed by atoms with E-state index in [2.05, 4.69) is 0 Å². The number of ether oxygens (including phenoxy) is 1. The minimum Gasteiger partial charge on any atom is -0.393 e. The largest absolute Gasteiger partial charge is 0.393 e. The van der Waals surface area contributed by atoms with Crippen molar-refractivity contribution in [2.75, 3.05) is 13.2 Å². The Labute approximate surface area is 60.4 Å². The Kier molecular flexibility index (Phi) is 2.42. The molecule has 0 amide bonds. The molecule has 52 valence electrons. The Morgan fingerprint density at radius 3 is 3.00 bits per heavy atom. The second-order valence-electron chi connectivity index (χ2n) is 2.40. The lowest BCUT2D eigenvalue weighted by molar-refractivity contribution is 0.187. The van der Waals surface area contributed by atoms with Gasteiger partial charge in [0.2, 0.25) is 0 Å². The number of thiocarbonyl (C=S) groups is 1. The Balaban J connectivity index is 2.19. The van der Waals surface area contributed by atoms with E-state index in [9.17, 15) is 0 Å². The van der Waals surface area contributed by atoms with Gasteiger partial charge < -0.3 is 10.5 Å². The van der Waals surface area contributed by atoms with Crippen LogP contribution in [0.1, 0.15) is 12.8 Å². The minimum atomic E-state index is 0.600. The molecule has 0 radical (unpaired) electrons. The molecule has 0 aromatic rings. The molecule has 2 N–H and O–H groups in total. The molecule has 0 aliphatic carbocycles. The fourth-order valence-electron chi connectivity index (χ4n) is 1.03. The molecule has 0 spiro atoms. The van der Waals surface area contributed by atoms with Crippen molar-refractivity contribution in [3.05, 3.63) is 0 Å². The van der Waals surface area contributed by atoms with Gasteiger partial charge in [0, 0.05) is 19.6 Å². The predicted molar refractivity (Wildman–Crippen MR) is 40.3 cm³/mol. The van der Waals surface area contributed by atoms with Crippen LogP contribution >= 0.6 is 12.2 Å². The Hall–Kier alpha value is -0.150. The van der Waals surface area contributed by atoms with Crippen LogP contribution in [0.2, 0.25) is 0 Å². The molecule has 0 aromatic carbocycles. The molecule has 2 nitrogen and oxygen atoms in total. The van der Waals surface area contributed by atoms with E-state index in [1.165, 1.54) is 0 Å². The van der Waals surface area contributed by atoms with Gasteiger partial charge in [-0.25, -0.2) is 0 Å². The first-order valence-corrected chi connectivity index (χ1v) is 3.56. The van der Waals surface area contributed by atoms with Gasteiger partial charge in [-0.15, -0.1) is 0 Å². The van der Waals surface area contributed by atoms with Crippen LogP contribution in [0, 0.1) is 5.92 Å². The molecule has 1 rings (SSSR count). The monoisotopic (exact) mass is 145 g/mol. The van der Waals surface area contributed by atoms with Gasteiger partial charge in [0.25, 0.3) is 0 Å². The SMILES string of the molecule is NC(=S)CC1CCOC1. The third-order valence-corrected chi connectivity index (χ3v) is 1.68. The quantitative estimate of drug-likeness (QED) is 0.581. The van der Waals surface area contributed by atoms with Gasteiger partial charge in [-0.05, 0) is 12.3 Å². The molecule has 0 bridgehead atoms. The van der Waals surface area contributed by atoms with Crippen molar-refractivity contribution in [3.8, 4) is 0 Å². The van der Waals surface area contributed by atoms with Gasteiger partial charge in [0.1, 0.15) is 0 Å². The maximum absolute atomic E-state index is 5.35. The van der Waals surface area contributed by atoms with Crippen molar-refractivity contribution in [2.24, 2.45) is 11.7 Å². The highest BCUT2D eigenvalue weighted by molar-refractivity contribution is 7.80. The van der Waals surface area contributed by atoms with Crippen LogP contribution in [0.25, 0.3) is 0 Å². The molecular weight excluding hydrogens is 134 g/mol. The summed E-state index contributed by atoms with van der Waals surface area (Å²) in [5.41, 5.74) is 5.35. The normalized spacial score (nSPS) is 26.4. The number of nitrogens with two attached hydrogens (primary N) is 1. The van der Waals surface area contributed by atoms with Crippen LogP contribution in [0.15, 0.2) is 0 Å². The second-order valence-corrected chi connectivity index (χ2v) is 2.92. The minimum absolute atomic E-state index is 0.600. The summed E-state index contributed by atoms with van der Waals surface area (Å²) < 4.78 is 5.14. The summed E-state index contributed by atoms with van der Waals surface area (Å²) >= 11 is 4.75. The molecule has 1 unspecified atom stereocenters. The number of hydrogen-bond donors (Lipinski definition) is 1. The third-order valence-electron chi connectivity index (χ3n) is 1.51. The second kappa shape index (κ2) is 3.13. The summed E-state index contributed by atoms with van der Waals surface area (Å²) in [6.45, 7) is 1.73. The third kappa shape index (κ3) is 2.28. The molecule has 1 fully saturated rings. The fraction of sp³-hybridized carbons (Fsp3) is 0.833. The van der Waals surface area contributed by atoms with Crippen LogP contribution in [0.3, 0.4) is 0 Å². The zero-order valence-corrected chi connectivity index (χ0v) is 6.12. The van der Waals surface area contributed by atoms with Crippen molar-refractivity contribution < 1.29 is 4.74 Å². The highest BCUT2D eigenvalue weighted by Crippen LogP contribution is 2.15. The van der Waals surface area contributed by atoms with E-state index in [-0.39, 0.29) is 0 Å². The van der Waals surface area contributed by atoms with Crippen molar-refractivity contribution in [1.82, 2.24) is 0 Å². The Morgan fingerprint density at radius 1 is 1.78 bits per heavy atom. The zero-order chi connectivity index (χ0) is 6.69. The molecular formula is C6H11NOS. The molecule has 1 aliphatic rings. The zero-order valence-electron chi connectivity index (χ0n) is 5.30. The van der Waals surface area contributed by atoms with Gasteiger partial charge in [-0.1, -0.05) is 12.2 Å². The summed E-state index contributed by atoms with van der Waals surface area (Å²) in [5.74, 6) is 0.600. The standard InChI is InChI=1S/C6H11NOS/c7-6(9)3-5-1-2-8-4-5/h5H,1-4H2,(H2,7,9). The smallest absolute Gasteiger partial charge is 0.0731 e. The first kappa shape index (κ1) is 6.96. The van der Waals surface area contributed by atoms with Crippen LogP contribution in [0.4, 0.5) is 0 Å². The van der Waals surface area contributed by atoms with Crippen molar-refractivity contribution in [1.29, 1.82) is 0 Å². The van der Waals surface area contributed by atoms with Crippen LogP contribution < -0.4 is 5.73 Å². The van der Waals surface area contributed by atoms with Gasteiger partial charge in [-0.2, -0.15) is 0 Å². The van der Waals surface area contributed by atoms with Crippen molar-refractivity contribution in [2.45, 2.75) is 12.8 Å². The highest BCUT2D eigenvalue weighted by Gasteiger charge is 2.15. The topological polar surface area (TPSA) is 35.2 Å². The molecule has 1 atom stereocenters. The summed E-state index contributed by atoms with van der Waals surface area (Å²) in [6, 6.07) is 0. The maximum Gasteiger partial charge on any atom is 0.0731 e. The summed E-state index contributed by atoms with van der Waals surface area (Å²) in [7, 11) is 0. The number of rotatable bonds is 2. The van der Waals surface area contributed by atoms with Gasteiger partial charge in [-0.3, -0.25) is 0 Å². The lowest BCUT2D eigenvalue weighted by Gasteiger charge is -2.02. The Bertz CT molecular complexity index is 110. The van der Waals surface area contributed by atoms with Gasteiger partial charge in [0.15, 0.2) is 0 Å². The predicted octanol–water partition coefficient (Wildman–Crippen LogP) is 0.699. The lowest BCUT2D eigenvalue weighted by Crippen LogP contribution is -2.14. The average Bonchev–Trinajstić information content (AvgIpc) is 2.15. The van der Waals surface area contributed by atoms with E-state index in [1.54, 1.807) is 0 Å². The molecule has 1 heterocycles. The van der Waals surface area contributed by atoms with E-state index in [0.29, 0.717) is 10.9 Å². The maximum atomic E-state index is 5.35.